The number of ketones is 1. The molecule has 0 fully saturated rings. The van der Waals surface area contributed by atoms with E-state index >= 15 is 0 Å². The third-order valence-corrected chi connectivity index (χ3v) is 2.05. The van der Waals surface area contributed by atoms with Crippen molar-refractivity contribution in [3.63, 3.8) is 0 Å². The minimum atomic E-state index is -1.48. The molecule has 0 aromatic heterocycles. The van der Waals surface area contributed by atoms with Gasteiger partial charge in [-0.3, -0.25) is 4.79 Å². The SMILES string of the molecule is COCc1cc(OC)ccc1C(=O)C(=O)O. The number of ether oxygens (including phenoxy) is 2. The van der Waals surface area contributed by atoms with Crippen LogP contribution in [-0.4, -0.2) is 31.1 Å². The monoisotopic (exact) mass is 224 g/mol. The van der Waals surface area contributed by atoms with Gasteiger partial charge in [-0.1, -0.05) is 0 Å². The van der Waals surface area contributed by atoms with E-state index < -0.39 is 11.8 Å². The van der Waals surface area contributed by atoms with Crippen molar-refractivity contribution >= 4 is 11.8 Å². The van der Waals surface area contributed by atoms with Crippen LogP contribution in [0.4, 0.5) is 0 Å². The molecule has 0 aliphatic carbocycles. The maximum Gasteiger partial charge on any atom is 0.377 e. The van der Waals surface area contributed by atoms with Crippen LogP contribution in [0.1, 0.15) is 15.9 Å². The molecule has 0 heterocycles. The summed E-state index contributed by atoms with van der Waals surface area (Å²) in [4.78, 5) is 21.9. The van der Waals surface area contributed by atoms with Gasteiger partial charge in [0.2, 0.25) is 0 Å². The van der Waals surface area contributed by atoms with Gasteiger partial charge >= 0.3 is 5.97 Å². The highest BCUT2D eigenvalue weighted by atomic mass is 16.5. The lowest BCUT2D eigenvalue weighted by Crippen LogP contribution is -2.15. The van der Waals surface area contributed by atoms with Crippen LogP contribution in [0.15, 0.2) is 18.2 Å². The first kappa shape index (κ1) is 12.2. The fraction of sp³-hybridized carbons (Fsp3) is 0.273. The van der Waals surface area contributed by atoms with Gasteiger partial charge < -0.3 is 14.6 Å². The van der Waals surface area contributed by atoms with E-state index in [-0.39, 0.29) is 12.2 Å². The number of methoxy groups -OCH3 is 2. The maximum atomic E-state index is 11.3. The molecular weight excluding hydrogens is 212 g/mol. The summed E-state index contributed by atoms with van der Waals surface area (Å²) < 4.78 is 9.88. The van der Waals surface area contributed by atoms with Crippen molar-refractivity contribution in [1.29, 1.82) is 0 Å². The molecule has 0 aliphatic rings. The van der Waals surface area contributed by atoms with Crippen molar-refractivity contribution in [1.82, 2.24) is 0 Å². The topological polar surface area (TPSA) is 72.8 Å². The average molecular weight is 224 g/mol. The Kier molecular flexibility index (Phi) is 4.02. The van der Waals surface area contributed by atoms with Crippen molar-refractivity contribution in [2.24, 2.45) is 0 Å². The molecule has 0 atom stereocenters. The van der Waals surface area contributed by atoms with Crippen molar-refractivity contribution in [3.8, 4) is 5.75 Å². The van der Waals surface area contributed by atoms with E-state index in [1.165, 1.54) is 26.4 Å². The molecule has 0 spiro atoms. The third-order valence-electron chi connectivity index (χ3n) is 2.05. The molecule has 0 saturated heterocycles. The predicted molar refractivity (Wildman–Crippen MR) is 55.7 cm³/mol. The lowest BCUT2D eigenvalue weighted by Gasteiger charge is -2.08. The van der Waals surface area contributed by atoms with Gasteiger partial charge in [0.1, 0.15) is 5.75 Å². The maximum absolute atomic E-state index is 11.3. The number of Topliss-reactive ketones (excluding diaryl/α,β-unsaturated/α-hetero) is 1. The molecule has 0 radical (unpaired) electrons. The van der Waals surface area contributed by atoms with Gasteiger partial charge in [0.25, 0.3) is 5.78 Å². The highest BCUT2D eigenvalue weighted by Gasteiger charge is 2.18. The molecule has 1 aromatic carbocycles. The predicted octanol–water partition coefficient (Wildman–Crippen LogP) is 1.11. The number of hydrogen-bond donors (Lipinski definition) is 1. The first-order chi connectivity index (χ1) is 7.60. The number of carbonyl (C=O) groups excluding carboxylic acids is 1. The van der Waals surface area contributed by atoms with Crippen molar-refractivity contribution in [2.75, 3.05) is 14.2 Å². The average Bonchev–Trinajstić information content (AvgIpc) is 2.28. The van der Waals surface area contributed by atoms with Crippen molar-refractivity contribution in [3.05, 3.63) is 29.3 Å². The summed E-state index contributed by atoms with van der Waals surface area (Å²) in [5.41, 5.74) is 0.615. The summed E-state index contributed by atoms with van der Waals surface area (Å²) in [5.74, 6) is -1.88. The van der Waals surface area contributed by atoms with E-state index in [9.17, 15) is 9.59 Å². The first-order valence-electron chi connectivity index (χ1n) is 4.53. The first-order valence-corrected chi connectivity index (χ1v) is 4.53. The molecule has 0 unspecified atom stereocenters. The van der Waals surface area contributed by atoms with Crippen molar-refractivity contribution in [2.45, 2.75) is 6.61 Å². The second kappa shape index (κ2) is 5.27. The lowest BCUT2D eigenvalue weighted by molar-refractivity contribution is -0.131. The van der Waals surface area contributed by atoms with E-state index in [4.69, 9.17) is 14.6 Å². The Morgan fingerprint density at radius 2 is 2.00 bits per heavy atom. The Hall–Kier alpha value is -1.88. The second-order valence-corrected chi connectivity index (χ2v) is 3.09. The molecule has 16 heavy (non-hydrogen) atoms. The quantitative estimate of drug-likeness (QED) is 0.599. The van der Waals surface area contributed by atoms with Gasteiger partial charge in [0.15, 0.2) is 0 Å². The minimum absolute atomic E-state index is 0.121. The van der Waals surface area contributed by atoms with Crippen LogP contribution in [0.25, 0.3) is 0 Å². The minimum Gasteiger partial charge on any atom is -0.497 e. The summed E-state index contributed by atoms with van der Waals surface area (Å²) in [6, 6.07) is 4.54. The molecular formula is C11H12O5. The molecule has 1 rings (SSSR count). The van der Waals surface area contributed by atoms with Crippen LogP contribution in [0.2, 0.25) is 0 Å². The van der Waals surface area contributed by atoms with Gasteiger partial charge in [-0.25, -0.2) is 4.79 Å². The largest absolute Gasteiger partial charge is 0.497 e. The zero-order valence-corrected chi connectivity index (χ0v) is 9.02. The normalized spacial score (nSPS) is 9.88. The van der Waals surface area contributed by atoms with Gasteiger partial charge in [0.05, 0.1) is 13.7 Å². The fourth-order valence-corrected chi connectivity index (χ4v) is 1.31. The van der Waals surface area contributed by atoms with E-state index in [1.54, 1.807) is 6.07 Å². The number of carboxylic acids is 1. The highest BCUT2D eigenvalue weighted by molar-refractivity contribution is 6.40. The number of hydrogen-bond acceptors (Lipinski definition) is 4. The number of rotatable bonds is 5. The summed E-state index contributed by atoms with van der Waals surface area (Å²) in [6.07, 6.45) is 0. The molecule has 0 bridgehead atoms. The van der Waals surface area contributed by atoms with Gasteiger partial charge in [-0.2, -0.15) is 0 Å². The number of carbonyl (C=O) groups is 2. The van der Waals surface area contributed by atoms with Crippen LogP contribution < -0.4 is 4.74 Å². The Bertz CT molecular complexity index is 411. The van der Waals surface area contributed by atoms with Crippen LogP contribution in [0, 0.1) is 0 Å². The zero-order valence-electron chi connectivity index (χ0n) is 9.02. The van der Waals surface area contributed by atoms with Crippen LogP contribution in [0.3, 0.4) is 0 Å². The van der Waals surface area contributed by atoms with E-state index in [2.05, 4.69) is 0 Å². The summed E-state index contributed by atoms with van der Waals surface area (Å²) >= 11 is 0. The van der Waals surface area contributed by atoms with Crippen LogP contribution in [0.5, 0.6) is 5.75 Å². The van der Waals surface area contributed by atoms with E-state index in [0.29, 0.717) is 11.3 Å². The Morgan fingerprint density at radius 3 is 2.50 bits per heavy atom. The van der Waals surface area contributed by atoms with Gasteiger partial charge in [0, 0.05) is 12.7 Å². The molecule has 0 saturated carbocycles. The number of carboxylic acid groups (broad SMARTS) is 1. The summed E-state index contributed by atoms with van der Waals surface area (Å²) in [5, 5.41) is 8.63. The number of aliphatic carboxylic acids is 1. The van der Waals surface area contributed by atoms with Gasteiger partial charge in [-0.05, 0) is 23.8 Å². The van der Waals surface area contributed by atoms with Gasteiger partial charge in [-0.15, -0.1) is 0 Å². The standard InChI is InChI=1S/C11H12O5/c1-15-6-7-5-8(16-2)3-4-9(7)10(12)11(13)14/h3-5H,6H2,1-2H3,(H,13,14). The fourth-order valence-electron chi connectivity index (χ4n) is 1.31. The molecule has 86 valence electrons. The second-order valence-electron chi connectivity index (χ2n) is 3.09. The molecule has 0 amide bonds. The highest BCUT2D eigenvalue weighted by Crippen LogP contribution is 2.19. The van der Waals surface area contributed by atoms with Crippen LogP contribution >= 0.6 is 0 Å². The summed E-state index contributed by atoms with van der Waals surface area (Å²) in [6.45, 7) is 0.158. The third kappa shape index (κ3) is 2.58. The van der Waals surface area contributed by atoms with Crippen LogP contribution in [-0.2, 0) is 16.1 Å². The molecule has 0 aliphatic heterocycles. The molecule has 5 heteroatoms. The molecule has 5 nitrogen and oxygen atoms in total. The van der Waals surface area contributed by atoms with E-state index in [0.717, 1.165) is 0 Å². The lowest BCUT2D eigenvalue weighted by atomic mass is 10.0. The van der Waals surface area contributed by atoms with E-state index in [1.807, 2.05) is 0 Å². The Morgan fingerprint density at radius 1 is 1.31 bits per heavy atom. The molecule has 1 aromatic rings. The smallest absolute Gasteiger partial charge is 0.377 e. The van der Waals surface area contributed by atoms with Crippen molar-refractivity contribution < 1.29 is 24.2 Å². The number of benzene rings is 1. The summed E-state index contributed by atoms with van der Waals surface area (Å²) in [7, 11) is 2.96. The zero-order chi connectivity index (χ0) is 12.1. The Labute approximate surface area is 92.6 Å². The Balaban J connectivity index is 3.17. The molecule has 1 N–H and O–H groups in total.